The molecule has 39 heavy (non-hydrogen) atoms. The summed E-state index contributed by atoms with van der Waals surface area (Å²) in [5, 5.41) is 16.8. The molecule has 8 N–H and O–H groups in total. The molecular weight excluding hydrogens is 617 g/mol. The van der Waals surface area contributed by atoms with E-state index in [4.69, 9.17) is 17.5 Å². The molecule has 0 radical (unpaired) electrons. The molecule has 2 heterocycles. The summed E-state index contributed by atoms with van der Waals surface area (Å²) < 4.78 is 86.5. The lowest BCUT2D eigenvalue weighted by molar-refractivity contribution is -0.255. The summed E-state index contributed by atoms with van der Waals surface area (Å²) >= 11 is 2.38. The summed E-state index contributed by atoms with van der Waals surface area (Å²) in [7, 11) is -12.3. The molecule has 0 atom stereocenters. The fourth-order valence-corrected chi connectivity index (χ4v) is 6.00. The molecule has 21 heteroatoms. The Morgan fingerprint density at radius 2 is 0.897 bits per heavy atom. The maximum atomic E-state index is 11.9. The highest BCUT2D eigenvalue weighted by Gasteiger charge is 2.17. The zero-order valence-corrected chi connectivity index (χ0v) is 24.2. The van der Waals surface area contributed by atoms with E-state index in [1.54, 1.807) is 38.1 Å². The van der Waals surface area contributed by atoms with Gasteiger partial charge in [0.15, 0.2) is 0 Å². The van der Waals surface area contributed by atoms with Crippen molar-refractivity contribution in [1.29, 1.82) is 0 Å². The van der Waals surface area contributed by atoms with E-state index in [9.17, 15) is 16.8 Å². The number of benzene rings is 2. The van der Waals surface area contributed by atoms with Crippen LogP contribution in [0.5, 0.6) is 0 Å². The number of anilines is 2. The second-order valence-corrected chi connectivity index (χ2v) is 13.7. The standard InChI is InChI=1S/2C9H10N4O2S2.H2O4S/c2*1-6-11-12-9(16-6)13-17(14,15)8-4-2-7(10)3-5-8;1-5(2,3)4/h2*2-5H,10H2,1H3,(H,12,13);(H2,1,2,3,4). The average Bonchev–Trinajstić information content (AvgIpc) is 3.40. The van der Waals surface area contributed by atoms with E-state index in [0.29, 0.717) is 10.0 Å². The first-order chi connectivity index (χ1) is 17.9. The van der Waals surface area contributed by atoms with E-state index in [1.165, 1.54) is 46.9 Å². The van der Waals surface area contributed by atoms with Crippen molar-refractivity contribution in [3.05, 3.63) is 58.5 Å². The van der Waals surface area contributed by atoms with E-state index in [2.05, 4.69) is 41.3 Å². The molecule has 0 amide bonds. The quantitative estimate of drug-likeness (QED) is 0.156. The first kappa shape index (κ1) is 32.1. The molecule has 16 nitrogen and oxygen atoms in total. The van der Waals surface area contributed by atoms with Gasteiger partial charge in [0.1, 0.15) is 21.4 Å². The van der Waals surface area contributed by atoms with E-state index in [-0.39, 0.29) is 20.1 Å². The third kappa shape index (κ3) is 11.6. The van der Waals surface area contributed by atoms with Crippen molar-refractivity contribution in [3.63, 3.8) is 0 Å². The zero-order chi connectivity index (χ0) is 29.4. The minimum atomic E-state index is -5.17. The monoisotopic (exact) mass is 638 g/mol. The second kappa shape index (κ2) is 13.3. The van der Waals surface area contributed by atoms with Crippen LogP contribution in [0.1, 0.15) is 10.0 Å². The predicted molar refractivity (Wildman–Crippen MR) is 139 cm³/mol. The molecule has 0 spiro atoms. The highest BCUT2D eigenvalue weighted by atomic mass is 32.3. The predicted octanol–water partition coefficient (Wildman–Crippen LogP) is -0.297. The Balaban J connectivity index is 0.000000234. The lowest BCUT2D eigenvalue weighted by Gasteiger charge is -2.06. The minimum absolute atomic E-state index is 0.178. The van der Waals surface area contributed by atoms with Crippen LogP contribution in [0.25, 0.3) is 0 Å². The van der Waals surface area contributed by atoms with Gasteiger partial charge >= 0.3 is 0 Å². The molecule has 212 valence electrons. The summed E-state index contributed by atoms with van der Waals surface area (Å²) in [6.45, 7) is 3.51. The smallest absolute Gasteiger partial charge is 0.263 e. The molecule has 0 saturated carbocycles. The maximum Gasteiger partial charge on any atom is 0.263 e. The molecule has 0 fully saturated rings. The topological polar surface area (TPSA) is 279 Å². The van der Waals surface area contributed by atoms with Gasteiger partial charge in [-0.3, -0.25) is 17.9 Å². The summed E-state index contributed by atoms with van der Waals surface area (Å²) in [6, 6.07) is 12.5. The number of quaternary nitrogens is 2. The van der Waals surface area contributed by atoms with Crippen LogP contribution in [0, 0.1) is 13.8 Å². The van der Waals surface area contributed by atoms with Gasteiger partial charge in [0.2, 0.25) is 10.3 Å². The number of hydrogen-bond acceptors (Lipinski definition) is 14. The first-order valence-corrected chi connectivity index (χ1v) is 16.0. The summed E-state index contributed by atoms with van der Waals surface area (Å²) in [5.74, 6) is 0. The molecule has 4 aromatic rings. The van der Waals surface area contributed by atoms with E-state index in [1.807, 2.05) is 0 Å². The van der Waals surface area contributed by atoms with Crippen LogP contribution in [0.2, 0.25) is 0 Å². The Kier molecular flexibility index (Phi) is 10.9. The highest BCUT2D eigenvalue weighted by Crippen LogP contribution is 2.20. The van der Waals surface area contributed by atoms with Gasteiger partial charge in [0.05, 0.1) is 9.79 Å². The van der Waals surface area contributed by atoms with Crippen molar-refractivity contribution >= 4 is 74.8 Å². The Hall–Kier alpha value is -3.15. The molecule has 0 saturated heterocycles. The van der Waals surface area contributed by atoms with E-state index < -0.39 is 30.4 Å². The highest BCUT2D eigenvalue weighted by molar-refractivity contribution is 7.93. The van der Waals surface area contributed by atoms with Crippen LogP contribution in [-0.2, 0) is 30.4 Å². The molecule has 2 aromatic carbocycles. The fraction of sp³-hybridized carbons (Fsp3) is 0.111. The summed E-state index contributed by atoms with van der Waals surface area (Å²) in [6.07, 6.45) is 0. The normalized spacial score (nSPS) is 11.4. The van der Waals surface area contributed by atoms with Crippen molar-refractivity contribution in [2.45, 2.75) is 23.6 Å². The first-order valence-electron chi connectivity index (χ1n) is 10.1. The largest absolute Gasteiger partial charge is 0.759 e. The third-order valence-corrected chi connectivity index (χ3v) is 8.44. The molecule has 0 aliphatic heterocycles. The Labute approximate surface area is 231 Å². The van der Waals surface area contributed by atoms with Crippen molar-refractivity contribution < 1.29 is 45.8 Å². The van der Waals surface area contributed by atoms with Gasteiger partial charge in [0.25, 0.3) is 20.0 Å². The number of sulfonamides is 2. The third-order valence-electron chi connectivity index (χ3n) is 3.96. The molecule has 2 aromatic heterocycles. The van der Waals surface area contributed by atoms with Crippen molar-refractivity contribution in [3.8, 4) is 0 Å². The Bertz CT molecular complexity index is 1580. The van der Waals surface area contributed by atoms with Gasteiger partial charge in [-0.1, -0.05) is 22.7 Å². The Morgan fingerprint density at radius 3 is 1.13 bits per heavy atom. The van der Waals surface area contributed by atoms with Crippen molar-refractivity contribution in [2.75, 3.05) is 9.44 Å². The van der Waals surface area contributed by atoms with E-state index in [0.717, 1.165) is 11.4 Å². The zero-order valence-electron chi connectivity index (χ0n) is 20.1. The van der Waals surface area contributed by atoms with Crippen LogP contribution >= 0.6 is 22.7 Å². The Morgan fingerprint density at radius 1 is 0.615 bits per heavy atom. The lowest BCUT2D eigenvalue weighted by atomic mass is 10.3. The number of aryl methyl sites for hydroxylation is 2. The maximum absolute atomic E-state index is 11.9. The van der Waals surface area contributed by atoms with Crippen molar-refractivity contribution in [1.82, 2.24) is 20.4 Å². The number of rotatable bonds is 6. The minimum Gasteiger partial charge on any atom is -0.759 e. The molecular formula is C18H22N8O8S5. The van der Waals surface area contributed by atoms with Crippen molar-refractivity contribution in [2.24, 2.45) is 0 Å². The van der Waals surface area contributed by atoms with Gasteiger partial charge in [-0.25, -0.2) is 16.8 Å². The van der Waals surface area contributed by atoms with Crippen LogP contribution in [0.4, 0.5) is 21.6 Å². The van der Waals surface area contributed by atoms with Gasteiger partial charge in [-0.2, -0.15) is 0 Å². The van der Waals surface area contributed by atoms with Crippen LogP contribution in [-0.4, -0.2) is 54.8 Å². The van der Waals surface area contributed by atoms with Gasteiger partial charge in [0, 0.05) is 34.7 Å². The average molecular weight is 639 g/mol. The van der Waals surface area contributed by atoms with Gasteiger partial charge in [-0.05, 0) is 38.1 Å². The summed E-state index contributed by atoms with van der Waals surface area (Å²) in [5.41, 5.74) is 8.91. The van der Waals surface area contributed by atoms with Crippen LogP contribution in [0.15, 0.2) is 58.3 Å². The second-order valence-electron chi connectivity index (χ2n) is 7.16. The van der Waals surface area contributed by atoms with E-state index >= 15 is 0 Å². The summed E-state index contributed by atoms with van der Waals surface area (Å²) in [4.78, 5) is 0.357. The van der Waals surface area contributed by atoms with Gasteiger partial charge < -0.3 is 20.6 Å². The van der Waals surface area contributed by atoms with Crippen LogP contribution < -0.4 is 20.9 Å². The lowest BCUT2D eigenvalue weighted by Crippen LogP contribution is -2.40. The molecule has 0 bridgehead atoms. The molecule has 0 unspecified atom stereocenters. The molecule has 0 aliphatic carbocycles. The number of nitrogens with one attached hydrogen (secondary N) is 2. The number of hydrogen-bond donors (Lipinski definition) is 4. The number of aromatic nitrogens is 4. The van der Waals surface area contributed by atoms with Gasteiger partial charge in [-0.15, -0.1) is 20.4 Å². The fourth-order valence-electron chi connectivity index (χ4n) is 2.36. The van der Waals surface area contributed by atoms with Crippen LogP contribution in [0.3, 0.4) is 0 Å². The molecule has 4 rings (SSSR count). The number of nitrogens with zero attached hydrogens (tertiary/aromatic N) is 4. The SMILES string of the molecule is Cc1nnc(NS(=O)(=O)c2ccc([NH3+])cc2)s1.Cc1nnc(NS(=O)(=O)c2ccc([NH3+])cc2)s1.O=S(=O)([O-])[O-]. The molecule has 0 aliphatic rings.